The molecule has 1 aromatic heterocycles. The van der Waals surface area contributed by atoms with Gasteiger partial charge in [0.05, 0.1) is 0 Å². The van der Waals surface area contributed by atoms with E-state index in [4.69, 9.17) is 0 Å². The molecule has 2 heterocycles. The predicted molar refractivity (Wildman–Crippen MR) is 61.9 cm³/mol. The normalized spacial score (nSPS) is 13.1. The maximum Gasteiger partial charge on any atom is 0.168 e. The van der Waals surface area contributed by atoms with Crippen LogP contribution in [0.5, 0.6) is 0 Å². The number of halogens is 1. The van der Waals surface area contributed by atoms with Gasteiger partial charge in [0.15, 0.2) is 5.43 Å². The van der Waals surface area contributed by atoms with E-state index in [0.717, 1.165) is 18.4 Å². The Morgan fingerprint density at radius 1 is 1.53 bits per heavy atom. The van der Waals surface area contributed by atoms with Gasteiger partial charge in [-0.25, -0.2) is 4.39 Å². The van der Waals surface area contributed by atoms with Gasteiger partial charge >= 0.3 is 0 Å². The van der Waals surface area contributed by atoms with Crippen molar-refractivity contribution in [2.24, 2.45) is 0 Å². The van der Waals surface area contributed by atoms with Crippen LogP contribution in [-0.4, -0.2) is 11.8 Å². The Kier molecular flexibility index (Phi) is 3.55. The van der Waals surface area contributed by atoms with E-state index in [1.54, 1.807) is 6.92 Å². The topological polar surface area (TPSA) is 22.0 Å². The first-order chi connectivity index (χ1) is 7.66. The second kappa shape index (κ2) is 4.66. The van der Waals surface area contributed by atoms with Crippen molar-refractivity contribution < 1.29 is 37.1 Å². The molecular weight excluding hydrogens is 293 g/mol. The standard InChI is InChI=1S/C12H9BFNO.Y/c1-7-6-15-3-2-13-10-5-8(14)4-9(11(10)15)12(7)16;/h4,6H,2-3H2,1H3;/q-1;. The fourth-order valence-electron chi connectivity index (χ4n) is 2.29. The minimum Gasteiger partial charge on any atom is -0.401 e. The molecule has 2 radical (unpaired) electrons. The van der Waals surface area contributed by atoms with Crippen molar-refractivity contribution in [2.75, 3.05) is 0 Å². The minimum atomic E-state index is -0.463. The zero-order valence-electron chi connectivity index (χ0n) is 9.46. The van der Waals surface area contributed by atoms with Crippen LogP contribution in [0.4, 0.5) is 4.39 Å². The van der Waals surface area contributed by atoms with Gasteiger partial charge in [-0.15, -0.1) is 6.07 Å². The van der Waals surface area contributed by atoms with Crippen molar-refractivity contribution >= 4 is 23.6 Å². The Bertz CT molecular complexity index is 643. The Balaban J connectivity index is 0.00000108. The van der Waals surface area contributed by atoms with Gasteiger partial charge in [0.1, 0.15) is 7.28 Å². The average Bonchev–Trinajstić information content (AvgIpc) is 2.25. The fraction of sp³-hybridized carbons (Fsp3) is 0.250. The van der Waals surface area contributed by atoms with Gasteiger partial charge in [-0.2, -0.15) is 11.5 Å². The Morgan fingerprint density at radius 3 is 3.06 bits per heavy atom. The van der Waals surface area contributed by atoms with Crippen molar-refractivity contribution in [3.05, 3.63) is 39.9 Å². The van der Waals surface area contributed by atoms with E-state index in [2.05, 4.69) is 6.07 Å². The fourth-order valence-corrected chi connectivity index (χ4v) is 2.29. The molecular formula is C12H9BFNOY-. The molecule has 17 heavy (non-hydrogen) atoms. The average molecular weight is 302 g/mol. The molecule has 0 fully saturated rings. The first kappa shape index (κ1) is 13.0. The van der Waals surface area contributed by atoms with E-state index in [1.165, 1.54) is 6.07 Å². The van der Waals surface area contributed by atoms with Crippen molar-refractivity contribution in [2.45, 2.75) is 19.8 Å². The minimum absolute atomic E-state index is 0. The maximum absolute atomic E-state index is 13.3. The molecule has 3 rings (SSSR count). The second-order valence-electron chi connectivity index (χ2n) is 4.12. The number of aryl methyl sites for hydroxylation is 2. The Morgan fingerprint density at radius 2 is 2.29 bits per heavy atom. The summed E-state index contributed by atoms with van der Waals surface area (Å²) in [5, 5.41) is 0.460. The summed E-state index contributed by atoms with van der Waals surface area (Å²) in [6.45, 7) is 2.60. The summed E-state index contributed by atoms with van der Waals surface area (Å²) >= 11 is 0. The third-order valence-corrected chi connectivity index (χ3v) is 2.99. The van der Waals surface area contributed by atoms with Crippen molar-refractivity contribution in [3.63, 3.8) is 0 Å². The molecule has 82 valence electrons. The van der Waals surface area contributed by atoms with Crippen LogP contribution in [0.2, 0.25) is 6.32 Å². The molecule has 0 saturated carbocycles. The molecule has 1 aliphatic heterocycles. The summed E-state index contributed by atoms with van der Waals surface area (Å²) in [4.78, 5) is 11.9. The number of aromatic nitrogens is 1. The summed E-state index contributed by atoms with van der Waals surface area (Å²) in [7, 11) is 1.93. The van der Waals surface area contributed by atoms with Crippen LogP contribution in [0.25, 0.3) is 10.9 Å². The molecule has 0 atom stereocenters. The molecule has 0 amide bonds. The monoisotopic (exact) mass is 302 g/mol. The molecule has 0 bridgehead atoms. The van der Waals surface area contributed by atoms with Crippen LogP contribution in [0.3, 0.4) is 0 Å². The number of hydrogen-bond acceptors (Lipinski definition) is 1. The van der Waals surface area contributed by atoms with E-state index in [0.29, 0.717) is 16.4 Å². The van der Waals surface area contributed by atoms with Crippen LogP contribution in [0.15, 0.2) is 17.1 Å². The summed E-state index contributed by atoms with van der Waals surface area (Å²) in [6, 6.07) is 3.94. The SMILES string of the molecule is Cc1cn2c3c([c-]c(F)cc3c1=O)[B]CC2.[Y]. The summed E-state index contributed by atoms with van der Waals surface area (Å²) < 4.78 is 15.3. The third-order valence-electron chi connectivity index (χ3n) is 2.99. The molecule has 0 spiro atoms. The van der Waals surface area contributed by atoms with Gasteiger partial charge in [0.25, 0.3) is 0 Å². The Hall–Kier alpha value is -0.471. The first-order valence-electron chi connectivity index (χ1n) is 5.25. The summed E-state index contributed by atoms with van der Waals surface area (Å²) in [6.07, 6.45) is 2.69. The smallest absolute Gasteiger partial charge is 0.168 e. The molecule has 2 aromatic rings. The van der Waals surface area contributed by atoms with Gasteiger partial charge in [-0.1, -0.05) is 17.2 Å². The van der Waals surface area contributed by atoms with E-state index in [9.17, 15) is 9.18 Å². The zero-order valence-corrected chi connectivity index (χ0v) is 12.3. The summed E-state index contributed by atoms with van der Waals surface area (Å²) in [5.74, 6) is -0.463. The molecule has 1 aliphatic rings. The molecule has 0 N–H and O–H groups in total. The van der Waals surface area contributed by atoms with Crippen molar-refractivity contribution in [1.29, 1.82) is 0 Å². The predicted octanol–water partition coefficient (Wildman–Crippen LogP) is 1.01. The van der Waals surface area contributed by atoms with E-state index in [-0.39, 0.29) is 38.1 Å². The van der Waals surface area contributed by atoms with Crippen LogP contribution in [0.1, 0.15) is 5.56 Å². The van der Waals surface area contributed by atoms with Crippen LogP contribution >= 0.6 is 0 Å². The van der Waals surface area contributed by atoms with Crippen LogP contribution in [-0.2, 0) is 39.3 Å². The second-order valence-corrected chi connectivity index (χ2v) is 4.12. The van der Waals surface area contributed by atoms with Crippen molar-refractivity contribution in [3.8, 4) is 0 Å². The van der Waals surface area contributed by atoms with Gasteiger partial charge in [-0.3, -0.25) is 4.79 Å². The Labute approximate surface area is 124 Å². The molecule has 0 saturated heterocycles. The zero-order chi connectivity index (χ0) is 11.3. The van der Waals surface area contributed by atoms with E-state index < -0.39 is 5.82 Å². The van der Waals surface area contributed by atoms with Crippen molar-refractivity contribution in [1.82, 2.24) is 4.57 Å². The largest absolute Gasteiger partial charge is 0.401 e. The van der Waals surface area contributed by atoms with Gasteiger partial charge in [0.2, 0.25) is 0 Å². The van der Waals surface area contributed by atoms with Crippen LogP contribution < -0.4 is 10.9 Å². The van der Waals surface area contributed by atoms with Gasteiger partial charge in [-0.05, 0) is 13.1 Å². The molecule has 0 aliphatic carbocycles. The van der Waals surface area contributed by atoms with E-state index >= 15 is 0 Å². The first-order valence-corrected chi connectivity index (χ1v) is 5.25. The number of nitrogens with zero attached hydrogens (tertiary/aromatic N) is 1. The van der Waals surface area contributed by atoms with Crippen LogP contribution in [0, 0.1) is 18.8 Å². The van der Waals surface area contributed by atoms with Gasteiger partial charge in [0, 0.05) is 50.6 Å². The van der Waals surface area contributed by atoms with Gasteiger partial charge < -0.3 is 4.57 Å². The van der Waals surface area contributed by atoms with E-state index in [1.807, 2.05) is 18.0 Å². The molecule has 1 aromatic carbocycles. The maximum atomic E-state index is 13.3. The number of benzene rings is 1. The number of hydrogen-bond donors (Lipinski definition) is 0. The molecule has 2 nitrogen and oxygen atoms in total. The molecule has 0 unspecified atom stereocenters. The number of pyridine rings is 1. The third kappa shape index (κ3) is 2.02. The summed E-state index contributed by atoms with van der Waals surface area (Å²) in [5.41, 5.74) is 2.09. The quantitative estimate of drug-likeness (QED) is 0.526. The molecule has 5 heteroatoms. The number of rotatable bonds is 0.